The number of benzene rings is 9. The van der Waals surface area contributed by atoms with E-state index in [4.69, 9.17) is 77.4 Å². The second-order valence-electron chi connectivity index (χ2n) is 28.0. The molecule has 0 bridgehead atoms. The van der Waals surface area contributed by atoms with Crippen molar-refractivity contribution < 1.29 is 73.3 Å². The molecule has 1 spiro atoms. The Balaban J connectivity index is 0.000000173. The van der Waals surface area contributed by atoms with Gasteiger partial charge in [0.05, 0.1) is 50.8 Å². The molecule has 3 aliphatic heterocycles. The molecule has 6 N–H and O–H groups in total. The highest BCUT2D eigenvalue weighted by Gasteiger charge is 2.61. The van der Waals surface area contributed by atoms with E-state index in [1.165, 1.54) is 0 Å². The Labute approximate surface area is 670 Å². The third-order valence-corrected chi connectivity index (χ3v) is 23.6. The SMILES string of the molecule is CCOc1ccc(Cc2cc([C@@H]3OC(C)(C)[C@@H](O)[C@H](O)[C@H]3O)ccc2Cl)cc1.CCOc1ccc(Cc2cc([C@@H]3OC(CI)(CI)[C@@H](OCc4ccccc4)[C@H](OCc4ccccc4)[C@H]3OCc3ccccc3)ccc2Cl)cc1.CCOc1ccc(Cc2cc([C@@H]3OC4(CC4)[C@@H](O)[C@H](O)[C@H]3O)ccc2Cl)cc1. The van der Waals surface area contributed by atoms with Gasteiger partial charge in [-0.2, -0.15) is 0 Å². The van der Waals surface area contributed by atoms with Crippen molar-refractivity contribution in [2.45, 2.75) is 177 Å². The zero-order valence-electron chi connectivity index (χ0n) is 60.7. The van der Waals surface area contributed by atoms with Crippen LogP contribution in [-0.2, 0) is 67.5 Å². The quantitative estimate of drug-likeness (QED) is 0.0220. The van der Waals surface area contributed by atoms with Crippen molar-refractivity contribution >= 4 is 80.0 Å². The standard InChI is InChI=1S/C43H43ClI2O5.C22H25ClO5.C22H27ClO5/c1-2-47-37-21-18-31(19-22-37)24-36-25-35(20-23-38(36)44)39-40(48-26-32-12-6-3-7-13-32)41(49-27-33-14-8-4-9-15-33)42(43(29-45,30-46)51-39)50-28-34-16-10-5-11-17-34;1-2-27-16-6-3-13(4-7-16)11-15-12-14(5-8-17(15)23)20-18(24)19(25)21(26)22(28-20)9-10-22;1-4-27-16-8-5-13(6-9-16)11-15-12-14(7-10-17(15)23)20-18(24)19(25)21(26)22(2,3)28-20/h3-23,25,39-42H,2,24,26-30H2,1H3;3-8,12,18-21,24-26H,2,9-11H2,1H3;5-10,12,18-21,24-26H,4,11H2,1-3H3/t39-,40-,41+,42-;2*18-,19-,20+,21+/m011/s1. The summed E-state index contributed by atoms with van der Waals surface area (Å²) in [6, 6.07) is 71.8. The number of hydrogen-bond donors (Lipinski definition) is 6. The topological polar surface area (TPSA) is 204 Å². The van der Waals surface area contributed by atoms with Crippen LogP contribution in [-0.4, -0.2) is 131 Å². The lowest BCUT2D eigenvalue weighted by Crippen LogP contribution is -2.65. The van der Waals surface area contributed by atoms with Crippen molar-refractivity contribution in [1.29, 1.82) is 0 Å². The molecule has 0 radical (unpaired) electrons. The fourth-order valence-corrected chi connectivity index (χ4v) is 17.2. The van der Waals surface area contributed by atoms with Gasteiger partial charge in [-0.1, -0.05) is 244 Å². The zero-order chi connectivity index (χ0) is 75.8. The number of hydrogen-bond acceptors (Lipinski definition) is 15. The molecule has 20 heteroatoms. The van der Waals surface area contributed by atoms with Crippen LogP contribution >= 0.6 is 80.0 Å². The highest BCUT2D eigenvalue weighted by atomic mass is 127. The molecule has 4 fully saturated rings. The summed E-state index contributed by atoms with van der Waals surface area (Å²) in [5.41, 5.74) is 9.42. The average molecular weight is 1740 g/mol. The van der Waals surface area contributed by atoms with E-state index in [1.807, 2.05) is 154 Å². The van der Waals surface area contributed by atoms with Crippen LogP contribution in [0.4, 0.5) is 0 Å². The fourth-order valence-electron chi connectivity index (χ4n) is 13.8. The van der Waals surface area contributed by atoms with Crippen molar-refractivity contribution in [1.82, 2.24) is 0 Å². The minimum atomic E-state index is -1.29. The Hall–Kier alpha value is -5.77. The van der Waals surface area contributed by atoms with E-state index in [0.29, 0.717) is 101 Å². The van der Waals surface area contributed by atoms with Crippen LogP contribution in [0.25, 0.3) is 0 Å². The van der Waals surface area contributed by atoms with Gasteiger partial charge in [0.25, 0.3) is 0 Å². The van der Waals surface area contributed by atoms with E-state index in [2.05, 4.69) is 106 Å². The van der Waals surface area contributed by atoms with Gasteiger partial charge in [-0.15, -0.1) is 0 Å². The first-order chi connectivity index (χ1) is 51.7. The molecule has 0 unspecified atom stereocenters. The van der Waals surface area contributed by atoms with Gasteiger partial charge >= 0.3 is 0 Å². The predicted octanol–water partition coefficient (Wildman–Crippen LogP) is 17.0. The van der Waals surface area contributed by atoms with E-state index in [-0.39, 0.29) is 0 Å². The normalized spacial score (nSPS) is 23.9. The summed E-state index contributed by atoms with van der Waals surface area (Å²) < 4.78 is 58.1. The summed E-state index contributed by atoms with van der Waals surface area (Å²) in [7, 11) is 0. The maximum absolute atomic E-state index is 10.5. The third kappa shape index (κ3) is 20.9. The first-order valence-electron chi connectivity index (χ1n) is 36.4. The van der Waals surface area contributed by atoms with Gasteiger partial charge in [-0.05, 0) is 188 Å². The largest absolute Gasteiger partial charge is 0.494 e. The fraction of sp³-hybridized carbons (Fsp3) is 0.379. The van der Waals surface area contributed by atoms with Crippen LogP contribution in [0.2, 0.25) is 15.1 Å². The number of halogens is 5. The molecule has 9 aromatic carbocycles. The number of aliphatic hydroxyl groups is 6. The second kappa shape index (κ2) is 38.4. The number of alkyl halides is 2. The molecule has 12 atom stereocenters. The minimum absolute atomic E-state index is 0.399. The molecule has 0 amide bonds. The van der Waals surface area contributed by atoms with Crippen LogP contribution < -0.4 is 14.2 Å². The lowest BCUT2D eigenvalue weighted by Gasteiger charge is -2.52. The van der Waals surface area contributed by atoms with Crippen molar-refractivity contribution in [3.8, 4) is 17.2 Å². The van der Waals surface area contributed by atoms with Gasteiger partial charge < -0.3 is 73.3 Å². The molecule has 4 aliphatic rings. The van der Waals surface area contributed by atoms with Crippen molar-refractivity contribution in [3.63, 3.8) is 0 Å². The molecular formula is C87H95Cl3I2O15. The summed E-state index contributed by atoms with van der Waals surface area (Å²) in [6.45, 7) is 12.4. The van der Waals surface area contributed by atoms with E-state index < -0.39 is 90.1 Å². The van der Waals surface area contributed by atoms with Gasteiger partial charge in [0.1, 0.15) is 96.1 Å². The second-order valence-corrected chi connectivity index (χ2v) is 30.8. The first-order valence-corrected chi connectivity index (χ1v) is 40.6. The van der Waals surface area contributed by atoms with Crippen LogP contribution in [0.15, 0.2) is 218 Å². The highest BCUT2D eigenvalue weighted by molar-refractivity contribution is 14.1. The number of ether oxygens (including phenoxy) is 9. The predicted molar refractivity (Wildman–Crippen MR) is 435 cm³/mol. The molecule has 3 saturated heterocycles. The zero-order valence-corrected chi connectivity index (χ0v) is 67.2. The Kier molecular flexibility index (Phi) is 29.5. The Bertz CT molecular complexity index is 4110. The molecule has 1 aliphatic carbocycles. The Morgan fingerprint density at radius 2 is 0.729 bits per heavy atom. The molecule has 9 aromatic rings. The van der Waals surface area contributed by atoms with Gasteiger partial charge in [-0.3, -0.25) is 0 Å². The third-order valence-electron chi connectivity index (χ3n) is 19.9. The minimum Gasteiger partial charge on any atom is -0.494 e. The Morgan fingerprint density at radius 1 is 0.383 bits per heavy atom. The number of rotatable bonds is 26. The molecule has 568 valence electrons. The van der Waals surface area contributed by atoms with Crippen molar-refractivity contribution in [3.05, 3.63) is 300 Å². The van der Waals surface area contributed by atoms with Crippen LogP contribution in [0.3, 0.4) is 0 Å². The smallest absolute Gasteiger partial charge is 0.119 e. The summed E-state index contributed by atoms with van der Waals surface area (Å²) in [6.07, 6.45) is -7.19. The summed E-state index contributed by atoms with van der Waals surface area (Å²) in [5, 5.41) is 63.7. The van der Waals surface area contributed by atoms with E-state index in [9.17, 15) is 30.6 Å². The monoisotopic (exact) mass is 1740 g/mol. The van der Waals surface area contributed by atoms with Crippen molar-refractivity contribution in [2.75, 3.05) is 28.7 Å². The molecule has 1 saturated carbocycles. The lowest BCUT2D eigenvalue weighted by molar-refractivity contribution is -0.290. The molecule has 3 heterocycles. The maximum atomic E-state index is 10.5. The van der Waals surface area contributed by atoms with Crippen molar-refractivity contribution in [2.24, 2.45) is 0 Å². The molecule has 107 heavy (non-hydrogen) atoms. The molecule has 13 rings (SSSR count). The average Bonchev–Trinajstić information content (AvgIpc) is 1.71. The summed E-state index contributed by atoms with van der Waals surface area (Å²) in [4.78, 5) is 0. The Morgan fingerprint density at radius 3 is 1.09 bits per heavy atom. The van der Waals surface area contributed by atoms with Crippen LogP contribution in [0, 0.1) is 0 Å². The molecule has 15 nitrogen and oxygen atoms in total. The summed E-state index contributed by atoms with van der Waals surface area (Å²) in [5.74, 6) is 2.50. The molecule has 0 aromatic heterocycles. The van der Waals surface area contributed by atoms with E-state index in [1.54, 1.807) is 38.1 Å². The first kappa shape index (κ1) is 82.2. The lowest BCUT2D eigenvalue weighted by atomic mass is 9.84. The van der Waals surface area contributed by atoms with Gasteiger partial charge in [0.2, 0.25) is 0 Å². The number of aliphatic hydroxyl groups excluding tert-OH is 6. The van der Waals surface area contributed by atoms with Crippen LogP contribution in [0.5, 0.6) is 17.2 Å². The van der Waals surface area contributed by atoms with Crippen LogP contribution in [0.1, 0.15) is 133 Å². The van der Waals surface area contributed by atoms with Gasteiger partial charge in [0, 0.05) is 23.9 Å². The molecular weight excluding hydrogens is 1650 g/mol. The van der Waals surface area contributed by atoms with E-state index >= 15 is 0 Å². The van der Waals surface area contributed by atoms with E-state index in [0.717, 1.165) is 78.4 Å². The van der Waals surface area contributed by atoms with Gasteiger partial charge in [-0.25, -0.2) is 0 Å². The highest BCUT2D eigenvalue weighted by Crippen LogP contribution is 2.52. The summed E-state index contributed by atoms with van der Waals surface area (Å²) >= 11 is 24.6. The van der Waals surface area contributed by atoms with Gasteiger partial charge in [0.15, 0.2) is 0 Å². The maximum Gasteiger partial charge on any atom is 0.119 e.